The van der Waals surface area contributed by atoms with E-state index >= 15 is 0 Å². The number of hydrogen-bond acceptors (Lipinski definition) is 3. The van der Waals surface area contributed by atoms with Crippen LogP contribution in [-0.4, -0.2) is 16.5 Å². The molecule has 4 heterocycles. The van der Waals surface area contributed by atoms with E-state index in [0.717, 1.165) is 28.1 Å². The molecule has 2 atom stereocenters. The van der Waals surface area contributed by atoms with Crippen LogP contribution >= 0.6 is 0 Å². The molecule has 1 aliphatic heterocycles. The van der Waals surface area contributed by atoms with Crippen LogP contribution in [0, 0.1) is 0 Å². The molecule has 2 aliphatic carbocycles. The summed E-state index contributed by atoms with van der Waals surface area (Å²) in [6, 6.07) is 33.9. The van der Waals surface area contributed by atoms with Crippen LogP contribution in [0.2, 0.25) is 0 Å². The third-order valence-electron chi connectivity index (χ3n) is 10.7. The molecule has 0 amide bonds. The van der Waals surface area contributed by atoms with E-state index in [1.54, 1.807) is 0 Å². The summed E-state index contributed by atoms with van der Waals surface area (Å²) >= 11 is 0. The van der Waals surface area contributed by atoms with Gasteiger partial charge in [0.25, 0.3) is 0 Å². The maximum Gasteiger partial charge on any atom is 0.136 e. The lowest BCUT2D eigenvalue weighted by molar-refractivity contribution is 0.662. The summed E-state index contributed by atoms with van der Waals surface area (Å²) in [5, 5.41) is 13.8. The van der Waals surface area contributed by atoms with E-state index in [1.807, 2.05) is 0 Å². The SMILES string of the molecule is CC1(C)c2ccccc2-c2cccc(-c3ccc4c(c3)c3c5c(cc6c7c(n4c63)NC3C=CC=CC3N7)oc3ccccc35)c21. The van der Waals surface area contributed by atoms with Crippen molar-refractivity contribution in [1.82, 2.24) is 4.40 Å². The van der Waals surface area contributed by atoms with Crippen LogP contribution in [0.25, 0.3) is 71.4 Å². The van der Waals surface area contributed by atoms with Gasteiger partial charge in [-0.15, -0.1) is 0 Å². The maximum atomic E-state index is 6.56. The van der Waals surface area contributed by atoms with Gasteiger partial charge in [-0.05, 0) is 57.6 Å². The zero-order chi connectivity index (χ0) is 29.6. The number of nitrogens with zero attached hydrogens (tertiary/aromatic N) is 1. The van der Waals surface area contributed by atoms with E-state index in [9.17, 15) is 0 Å². The fourth-order valence-electron chi connectivity index (χ4n) is 8.83. The van der Waals surface area contributed by atoms with Crippen molar-refractivity contribution >= 4 is 60.6 Å². The lowest BCUT2D eigenvalue weighted by atomic mass is 9.79. The Hall–Kier alpha value is -5.48. The number of rotatable bonds is 1. The number of nitrogens with one attached hydrogen (secondary N) is 2. The lowest BCUT2D eigenvalue weighted by Gasteiger charge is -2.33. The highest BCUT2D eigenvalue weighted by Gasteiger charge is 2.38. The number of fused-ring (bicyclic) bond motifs is 14. The monoisotopic (exact) mass is 579 g/mol. The van der Waals surface area contributed by atoms with E-state index in [-0.39, 0.29) is 17.5 Å². The van der Waals surface area contributed by atoms with Crippen molar-refractivity contribution < 1.29 is 4.42 Å². The Morgan fingerprint density at radius 3 is 2.36 bits per heavy atom. The number of furan rings is 1. The van der Waals surface area contributed by atoms with E-state index in [4.69, 9.17) is 4.42 Å². The van der Waals surface area contributed by atoms with Gasteiger partial charge in [-0.25, -0.2) is 0 Å². The number of para-hydroxylation sites is 1. The predicted molar refractivity (Wildman–Crippen MR) is 187 cm³/mol. The quantitative estimate of drug-likeness (QED) is 0.203. The Labute approximate surface area is 259 Å². The third-order valence-corrected chi connectivity index (χ3v) is 10.7. The van der Waals surface area contributed by atoms with Gasteiger partial charge in [0.1, 0.15) is 17.0 Å². The van der Waals surface area contributed by atoms with Crippen LogP contribution in [-0.2, 0) is 5.41 Å². The van der Waals surface area contributed by atoms with Gasteiger partial charge in [0, 0.05) is 32.3 Å². The van der Waals surface area contributed by atoms with Gasteiger partial charge in [-0.2, -0.15) is 0 Å². The second-order valence-corrected chi connectivity index (χ2v) is 13.4. The molecule has 4 heteroatoms. The molecule has 11 rings (SSSR count). The average Bonchev–Trinajstić information content (AvgIpc) is 3.77. The maximum absolute atomic E-state index is 6.56. The van der Waals surface area contributed by atoms with Gasteiger partial charge >= 0.3 is 0 Å². The van der Waals surface area contributed by atoms with E-state index in [1.165, 1.54) is 66.0 Å². The van der Waals surface area contributed by atoms with Crippen molar-refractivity contribution in [2.45, 2.75) is 31.3 Å². The van der Waals surface area contributed by atoms with Gasteiger partial charge in [0.05, 0.1) is 28.8 Å². The van der Waals surface area contributed by atoms with Gasteiger partial charge < -0.3 is 15.1 Å². The third kappa shape index (κ3) is 2.84. The summed E-state index contributed by atoms with van der Waals surface area (Å²) in [7, 11) is 0. The summed E-state index contributed by atoms with van der Waals surface area (Å²) in [5.74, 6) is 1.12. The smallest absolute Gasteiger partial charge is 0.136 e. The van der Waals surface area contributed by atoms with Gasteiger partial charge in [0.2, 0.25) is 0 Å². The van der Waals surface area contributed by atoms with Crippen molar-refractivity contribution in [2.75, 3.05) is 10.6 Å². The summed E-state index contributed by atoms with van der Waals surface area (Å²) in [6.45, 7) is 4.74. The van der Waals surface area contributed by atoms with Crippen molar-refractivity contribution in [1.29, 1.82) is 0 Å². The highest BCUT2D eigenvalue weighted by molar-refractivity contribution is 6.33. The molecule has 0 saturated heterocycles. The first-order valence-corrected chi connectivity index (χ1v) is 15.9. The van der Waals surface area contributed by atoms with Crippen molar-refractivity contribution in [2.24, 2.45) is 0 Å². The van der Waals surface area contributed by atoms with Crippen LogP contribution in [0.15, 0.2) is 120 Å². The minimum atomic E-state index is -0.0893. The number of anilines is 2. The molecule has 3 aromatic heterocycles. The molecule has 8 aromatic rings. The number of aromatic nitrogens is 1. The Bertz CT molecular complexity index is 2650. The standard InChI is InChI=1S/C41H29N3O/c1-41(2)29-14-5-3-10-24(29)25-13-9-12-23(37(25)41)22-18-19-32-27(20-22)36-35-26-11-4-8-17-33(26)45-34(35)21-28-38-40(44(32)39(28)36)43-31-16-7-6-15-30(31)42-38/h3-21,30-31,42-43H,1-2H3. The molecule has 0 radical (unpaired) electrons. The molecule has 5 aromatic carbocycles. The summed E-state index contributed by atoms with van der Waals surface area (Å²) in [6.07, 6.45) is 8.76. The Kier molecular flexibility index (Phi) is 4.23. The van der Waals surface area contributed by atoms with Crippen molar-refractivity contribution in [3.63, 3.8) is 0 Å². The first-order chi connectivity index (χ1) is 22.1. The zero-order valence-electron chi connectivity index (χ0n) is 25.0. The molecule has 0 fully saturated rings. The normalized spacial score (nSPS) is 19.2. The molecule has 2 N–H and O–H groups in total. The largest absolute Gasteiger partial charge is 0.456 e. The Morgan fingerprint density at radius 2 is 1.44 bits per heavy atom. The molecule has 0 saturated carbocycles. The van der Waals surface area contributed by atoms with Crippen molar-refractivity contribution in [3.8, 4) is 22.3 Å². The number of allylic oxidation sites excluding steroid dienone is 2. The highest BCUT2D eigenvalue weighted by atomic mass is 16.3. The number of benzene rings is 5. The molecule has 0 bridgehead atoms. The van der Waals surface area contributed by atoms with Crippen LogP contribution in [0.1, 0.15) is 25.0 Å². The van der Waals surface area contributed by atoms with Crippen LogP contribution in [0.4, 0.5) is 11.5 Å². The molecule has 2 unspecified atom stereocenters. The Balaban J connectivity index is 1.26. The van der Waals surface area contributed by atoms with Crippen LogP contribution < -0.4 is 10.6 Å². The summed E-state index contributed by atoms with van der Waals surface area (Å²) in [5.41, 5.74) is 13.4. The first kappa shape index (κ1) is 23.9. The molecular weight excluding hydrogens is 550 g/mol. The molecular formula is C41H29N3O. The topological polar surface area (TPSA) is 41.6 Å². The van der Waals surface area contributed by atoms with Crippen LogP contribution in [0.5, 0.6) is 0 Å². The second kappa shape index (κ2) is 7.96. The van der Waals surface area contributed by atoms with Gasteiger partial charge in [-0.1, -0.05) is 105 Å². The molecule has 3 aliphatic rings. The Morgan fingerprint density at radius 1 is 0.667 bits per heavy atom. The highest BCUT2D eigenvalue weighted by Crippen LogP contribution is 2.54. The fraction of sp³-hybridized carbons (Fsp3) is 0.122. The second-order valence-electron chi connectivity index (χ2n) is 13.4. The molecule has 214 valence electrons. The van der Waals surface area contributed by atoms with Gasteiger partial charge in [-0.3, -0.25) is 4.40 Å². The summed E-state index contributed by atoms with van der Waals surface area (Å²) < 4.78 is 9.01. The van der Waals surface area contributed by atoms with E-state index in [0.29, 0.717) is 0 Å². The fourth-order valence-corrected chi connectivity index (χ4v) is 8.83. The van der Waals surface area contributed by atoms with Gasteiger partial charge in [0.15, 0.2) is 0 Å². The first-order valence-electron chi connectivity index (χ1n) is 15.9. The minimum Gasteiger partial charge on any atom is -0.456 e. The van der Waals surface area contributed by atoms with E-state index in [2.05, 4.69) is 144 Å². The predicted octanol–water partition coefficient (Wildman–Crippen LogP) is 10.3. The summed E-state index contributed by atoms with van der Waals surface area (Å²) in [4.78, 5) is 0. The molecule has 4 nitrogen and oxygen atoms in total. The molecule has 0 spiro atoms. The lowest BCUT2D eigenvalue weighted by Crippen LogP contribution is -2.41. The minimum absolute atomic E-state index is 0.0893. The zero-order valence-corrected chi connectivity index (χ0v) is 25.0. The van der Waals surface area contributed by atoms with E-state index < -0.39 is 0 Å². The van der Waals surface area contributed by atoms with Crippen molar-refractivity contribution in [3.05, 3.63) is 126 Å². The average molecular weight is 580 g/mol. The molecule has 45 heavy (non-hydrogen) atoms. The number of hydrogen-bond donors (Lipinski definition) is 2. The van der Waals surface area contributed by atoms with Crippen LogP contribution in [0.3, 0.4) is 0 Å².